The molecule has 4 nitrogen and oxygen atoms in total. The third kappa shape index (κ3) is 4.81. The number of nitrogens with zero attached hydrogens (tertiary/aromatic N) is 3. The van der Waals surface area contributed by atoms with Gasteiger partial charge in [-0.2, -0.15) is 5.26 Å². The SMILES string of the molecule is CC(C)CN(CCC#N)C(=O)c1cc(Br)cnc1Cl. The molecule has 0 bridgehead atoms. The quantitative estimate of drug-likeness (QED) is 0.768. The van der Waals surface area contributed by atoms with Crippen molar-refractivity contribution >= 4 is 33.4 Å². The third-order valence-electron chi connectivity index (χ3n) is 2.40. The molecule has 1 amide bonds. The Kier molecular flexibility index (Phi) is 6.26. The van der Waals surface area contributed by atoms with Crippen LogP contribution in [0.5, 0.6) is 0 Å². The Morgan fingerprint density at radius 3 is 2.89 bits per heavy atom. The van der Waals surface area contributed by atoms with Gasteiger partial charge in [0.05, 0.1) is 18.1 Å². The summed E-state index contributed by atoms with van der Waals surface area (Å²) in [6.07, 6.45) is 1.85. The molecule has 0 atom stereocenters. The summed E-state index contributed by atoms with van der Waals surface area (Å²) in [5.41, 5.74) is 0.356. The molecular weight excluding hydrogens is 330 g/mol. The van der Waals surface area contributed by atoms with Crippen LogP contribution in [0.25, 0.3) is 0 Å². The van der Waals surface area contributed by atoms with Crippen LogP contribution in [0.2, 0.25) is 5.15 Å². The number of carbonyl (C=O) groups is 1. The van der Waals surface area contributed by atoms with Gasteiger partial charge in [-0.05, 0) is 27.9 Å². The van der Waals surface area contributed by atoms with Gasteiger partial charge in [-0.3, -0.25) is 4.79 Å². The maximum atomic E-state index is 12.4. The Bertz CT molecular complexity index is 499. The Morgan fingerprint density at radius 2 is 2.32 bits per heavy atom. The van der Waals surface area contributed by atoms with Crippen LogP contribution >= 0.6 is 27.5 Å². The van der Waals surface area contributed by atoms with Crippen molar-refractivity contribution in [2.24, 2.45) is 5.92 Å². The molecule has 6 heteroatoms. The van der Waals surface area contributed by atoms with Gasteiger partial charge < -0.3 is 4.90 Å². The van der Waals surface area contributed by atoms with Crippen molar-refractivity contribution in [2.75, 3.05) is 13.1 Å². The fourth-order valence-corrected chi connectivity index (χ4v) is 2.16. The van der Waals surface area contributed by atoms with Crippen molar-refractivity contribution in [3.63, 3.8) is 0 Å². The first-order valence-electron chi connectivity index (χ1n) is 5.93. The van der Waals surface area contributed by atoms with Crippen LogP contribution in [-0.4, -0.2) is 28.9 Å². The summed E-state index contributed by atoms with van der Waals surface area (Å²) in [5.74, 6) is 0.129. The van der Waals surface area contributed by atoms with Crippen LogP contribution in [0.4, 0.5) is 0 Å². The molecule has 0 saturated heterocycles. The lowest BCUT2D eigenvalue weighted by atomic mass is 10.1. The second-order valence-electron chi connectivity index (χ2n) is 4.55. The molecule has 0 aliphatic heterocycles. The van der Waals surface area contributed by atoms with Gasteiger partial charge in [-0.1, -0.05) is 25.4 Å². The van der Waals surface area contributed by atoms with Gasteiger partial charge in [0.25, 0.3) is 5.91 Å². The third-order valence-corrected chi connectivity index (χ3v) is 3.14. The Labute approximate surface area is 126 Å². The lowest BCUT2D eigenvalue weighted by Crippen LogP contribution is -2.35. The molecule has 0 unspecified atom stereocenters. The van der Waals surface area contributed by atoms with Gasteiger partial charge in [0.2, 0.25) is 0 Å². The summed E-state index contributed by atoms with van der Waals surface area (Å²) in [7, 11) is 0. The molecule has 1 heterocycles. The average molecular weight is 345 g/mol. The van der Waals surface area contributed by atoms with E-state index in [4.69, 9.17) is 16.9 Å². The van der Waals surface area contributed by atoms with Crippen molar-refractivity contribution in [1.82, 2.24) is 9.88 Å². The molecule has 0 fully saturated rings. The molecule has 0 aliphatic rings. The summed E-state index contributed by atoms with van der Waals surface area (Å²) < 4.78 is 0.699. The monoisotopic (exact) mass is 343 g/mol. The van der Waals surface area contributed by atoms with E-state index in [-0.39, 0.29) is 11.1 Å². The van der Waals surface area contributed by atoms with E-state index < -0.39 is 0 Å². The summed E-state index contributed by atoms with van der Waals surface area (Å²) >= 11 is 9.23. The van der Waals surface area contributed by atoms with Gasteiger partial charge in [0.1, 0.15) is 5.15 Å². The fourth-order valence-electron chi connectivity index (χ4n) is 1.64. The molecule has 1 aromatic heterocycles. The summed E-state index contributed by atoms with van der Waals surface area (Å²) in [6, 6.07) is 3.70. The highest BCUT2D eigenvalue weighted by Crippen LogP contribution is 2.20. The highest BCUT2D eigenvalue weighted by molar-refractivity contribution is 9.10. The smallest absolute Gasteiger partial charge is 0.257 e. The van der Waals surface area contributed by atoms with E-state index in [1.54, 1.807) is 17.2 Å². The molecule has 1 rings (SSSR count). The first-order chi connectivity index (χ1) is 8.95. The number of pyridine rings is 1. The molecule has 0 aromatic carbocycles. The zero-order valence-corrected chi connectivity index (χ0v) is 13.2. The Morgan fingerprint density at radius 1 is 1.63 bits per heavy atom. The van der Waals surface area contributed by atoms with E-state index in [1.165, 1.54) is 0 Å². The number of nitriles is 1. The maximum Gasteiger partial charge on any atom is 0.257 e. The Hall–Kier alpha value is -1.12. The minimum absolute atomic E-state index is 0.180. The molecule has 1 aromatic rings. The zero-order valence-electron chi connectivity index (χ0n) is 10.9. The number of amides is 1. The average Bonchev–Trinajstić information content (AvgIpc) is 2.36. The summed E-state index contributed by atoms with van der Waals surface area (Å²) in [6.45, 7) is 5.03. The number of aromatic nitrogens is 1. The standard InChI is InChI=1S/C13H15BrClN3O/c1-9(2)8-18(5-3-4-16)13(19)11-6-10(14)7-17-12(11)15/h6-7,9H,3,5,8H2,1-2H3. The lowest BCUT2D eigenvalue weighted by molar-refractivity contribution is 0.0739. The number of rotatable bonds is 5. The van der Waals surface area contributed by atoms with Gasteiger partial charge >= 0.3 is 0 Å². The second kappa shape index (κ2) is 7.46. The van der Waals surface area contributed by atoms with Gasteiger partial charge in [0, 0.05) is 23.8 Å². The normalized spacial score (nSPS) is 10.3. The predicted molar refractivity (Wildman–Crippen MR) is 77.9 cm³/mol. The van der Waals surface area contributed by atoms with E-state index in [2.05, 4.69) is 27.0 Å². The molecule has 0 spiro atoms. The largest absolute Gasteiger partial charge is 0.337 e. The first kappa shape index (κ1) is 15.9. The number of halogens is 2. The molecule has 19 heavy (non-hydrogen) atoms. The van der Waals surface area contributed by atoms with E-state index in [9.17, 15) is 4.79 Å². The second-order valence-corrected chi connectivity index (χ2v) is 5.82. The first-order valence-corrected chi connectivity index (χ1v) is 7.10. The van der Waals surface area contributed by atoms with Crippen molar-refractivity contribution in [3.8, 4) is 6.07 Å². The van der Waals surface area contributed by atoms with E-state index in [0.29, 0.717) is 35.5 Å². The van der Waals surface area contributed by atoms with Crippen LogP contribution in [0.15, 0.2) is 16.7 Å². The van der Waals surface area contributed by atoms with Crippen molar-refractivity contribution < 1.29 is 4.79 Å². The van der Waals surface area contributed by atoms with Crippen LogP contribution in [0.3, 0.4) is 0 Å². The Balaban J connectivity index is 2.97. The van der Waals surface area contributed by atoms with Crippen LogP contribution in [0.1, 0.15) is 30.6 Å². The van der Waals surface area contributed by atoms with Crippen molar-refractivity contribution in [2.45, 2.75) is 20.3 Å². The van der Waals surface area contributed by atoms with Gasteiger partial charge in [-0.15, -0.1) is 0 Å². The van der Waals surface area contributed by atoms with Crippen LogP contribution in [-0.2, 0) is 0 Å². The lowest BCUT2D eigenvalue weighted by Gasteiger charge is -2.24. The molecule has 0 aliphatic carbocycles. The highest BCUT2D eigenvalue weighted by atomic mass is 79.9. The molecule has 0 radical (unpaired) electrons. The van der Waals surface area contributed by atoms with Gasteiger partial charge in [-0.25, -0.2) is 4.98 Å². The van der Waals surface area contributed by atoms with Gasteiger partial charge in [0.15, 0.2) is 0 Å². The molecule has 0 N–H and O–H groups in total. The number of hydrogen-bond acceptors (Lipinski definition) is 3. The molecule has 102 valence electrons. The van der Waals surface area contributed by atoms with Crippen LogP contribution < -0.4 is 0 Å². The summed E-state index contributed by atoms with van der Waals surface area (Å²) in [5, 5.41) is 8.85. The highest BCUT2D eigenvalue weighted by Gasteiger charge is 2.20. The maximum absolute atomic E-state index is 12.4. The predicted octanol–water partition coefficient (Wildman–Crippen LogP) is 3.51. The van der Waals surface area contributed by atoms with E-state index >= 15 is 0 Å². The molecule has 0 saturated carbocycles. The van der Waals surface area contributed by atoms with Crippen LogP contribution in [0, 0.1) is 17.2 Å². The minimum atomic E-state index is -0.192. The summed E-state index contributed by atoms with van der Waals surface area (Å²) in [4.78, 5) is 18.0. The number of carbonyl (C=O) groups excluding carboxylic acids is 1. The minimum Gasteiger partial charge on any atom is -0.337 e. The fraction of sp³-hybridized carbons (Fsp3) is 0.462. The van der Waals surface area contributed by atoms with Crippen molar-refractivity contribution in [1.29, 1.82) is 5.26 Å². The number of hydrogen-bond donors (Lipinski definition) is 0. The van der Waals surface area contributed by atoms with Crippen molar-refractivity contribution in [3.05, 3.63) is 27.5 Å². The zero-order chi connectivity index (χ0) is 14.4. The topological polar surface area (TPSA) is 57.0 Å². The van der Waals surface area contributed by atoms with E-state index in [1.807, 2.05) is 13.8 Å². The van der Waals surface area contributed by atoms with E-state index in [0.717, 1.165) is 0 Å². The molecular formula is C13H15BrClN3O.